The predicted octanol–water partition coefficient (Wildman–Crippen LogP) is 1.48. The molecule has 116 valence electrons. The normalized spacial score (nSPS) is 20.6. The average molecular weight is 310 g/mol. The van der Waals surface area contributed by atoms with Crippen LogP contribution in [0.2, 0.25) is 0 Å². The Morgan fingerprint density at radius 2 is 1.95 bits per heavy atom. The zero-order chi connectivity index (χ0) is 14.9. The summed E-state index contributed by atoms with van der Waals surface area (Å²) < 4.78 is 32.6. The van der Waals surface area contributed by atoms with Crippen LogP contribution in [-0.4, -0.2) is 38.5 Å². The van der Waals surface area contributed by atoms with E-state index in [1.807, 2.05) is 19.1 Å². The number of hydrogen-bond acceptors (Lipinski definition) is 4. The Balaban J connectivity index is 1.75. The minimum absolute atomic E-state index is 0.200. The van der Waals surface area contributed by atoms with Crippen molar-refractivity contribution >= 4 is 10.0 Å². The quantitative estimate of drug-likeness (QED) is 0.915. The molecule has 21 heavy (non-hydrogen) atoms. The molecule has 5 nitrogen and oxygen atoms in total. The summed E-state index contributed by atoms with van der Waals surface area (Å²) in [5, 5.41) is 3.24. The van der Waals surface area contributed by atoms with Crippen LogP contribution >= 0.6 is 0 Å². The van der Waals surface area contributed by atoms with Crippen LogP contribution in [0.15, 0.2) is 23.1 Å². The minimum atomic E-state index is -3.37. The first-order chi connectivity index (χ1) is 10.1. The lowest BCUT2D eigenvalue weighted by Gasteiger charge is -2.31. The molecule has 2 heterocycles. The summed E-state index contributed by atoms with van der Waals surface area (Å²) in [6.07, 6.45) is 1.75. The third kappa shape index (κ3) is 2.99. The van der Waals surface area contributed by atoms with E-state index in [-0.39, 0.29) is 6.10 Å². The molecule has 3 rings (SSSR count). The highest BCUT2D eigenvalue weighted by molar-refractivity contribution is 7.89. The molecule has 2 aliphatic rings. The van der Waals surface area contributed by atoms with Crippen molar-refractivity contribution in [2.24, 2.45) is 0 Å². The van der Waals surface area contributed by atoms with Gasteiger partial charge in [-0.2, -0.15) is 4.31 Å². The first-order valence-electron chi connectivity index (χ1n) is 7.55. The van der Waals surface area contributed by atoms with Crippen LogP contribution in [0, 0.1) is 0 Å². The van der Waals surface area contributed by atoms with Crippen molar-refractivity contribution in [2.75, 3.05) is 19.7 Å². The molecule has 6 heteroatoms. The fourth-order valence-corrected chi connectivity index (χ4v) is 4.58. The van der Waals surface area contributed by atoms with Crippen molar-refractivity contribution < 1.29 is 13.2 Å². The van der Waals surface area contributed by atoms with Gasteiger partial charge in [0, 0.05) is 32.8 Å². The maximum Gasteiger partial charge on any atom is 0.243 e. The lowest BCUT2D eigenvalue weighted by atomic mass is 10.1. The number of ether oxygens (including phenoxy) is 1. The fourth-order valence-electron chi connectivity index (χ4n) is 3.06. The van der Waals surface area contributed by atoms with Gasteiger partial charge in [-0.1, -0.05) is 6.07 Å². The molecule has 0 aliphatic carbocycles. The summed E-state index contributed by atoms with van der Waals surface area (Å²) in [6, 6.07) is 5.48. The van der Waals surface area contributed by atoms with E-state index in [1.54, 1.807) is 10.4 Å². The molecule has 0 bridgehead atoms. The van der Waals surface area contributed by atoms with Crippen LogP contribution < -0.4 is 5.32 Å². The highest BCUT2D eigenvalue weighted by Gasteiger charge is 2.30. The lowest BCUT2D eigenvalue weighted by Crippen LogP contribution is -2.40. The van der Waals surface area contributed by atoms with Gasteiger partial charge in [0.15, 0.2) is 0 Å². The Bertz CT molecular complexity index is 607. The molecular weight excluding hydrogens is 288 g/mol. The largest absolute Gasteiger partial charge is 0.378 e. The van der Waals surface area contributed by atoms with Crippen molar-refractivity contribution in [3.05, 3.63) is 29.3 Å². The first kappa shape index (κ1) is 15.0. The molecule has 0 saturated carbocycles. The smallest absolute Gasteiger partial charge is 0.243 e. The number of nitrogens with one attached hydrogen (secondary N) is 1. The third-order valence-corrected chi connectivity index (χ3v) is 6.14. The van der Waals surface area contributed by atoms with E-state index in [0.29, 0.717) is 24.6 Å². The summed E-state index contributed by atoms with van der Waals surface area (Å²) in [7, 11) is -3.37. The van der Waals surface area contributed by atoms with E-state index in [2.05, 4.69) is 5.32 Å². The number of nitrogens with zero attached hydrogens (tertiary/aromatic N) is 1. The monoisotopic (exact) mass is 310 g/mol. The van der Waals surface area contributed by atoms with Gasteiger partial charge in [0.25, 0.3) is 0 Å². The second-order valence-electron chi connectivity index (χ2n) is 5.59. The highest BCUT2D eigenvalue weighted by Crippen LogP contribution is 2.25. The highest BCUT2D eigenvalue weighted by atomic mass is 32.2. The molecule has 1 fully saturated rings. The molecule has 0 spiro atoms. The van der Waals surface area contributed by atoms with Gasteiger partial charge in [-0.15, -0.1) is 0 Å². The fraction of sp³-hybridized carbons (Fsp3) is 0.600. The van der Waals surface area contributed by atoms with E-state index in [1.165, 1.54) is 5.56 Å². The molecule has 1 N–H and O–H groups in total. The molecule has 1 aromatic carbocycles. The van der Waals surface area contributed by atoms with Crippen LogP contribution in [0.4, 0.5) is 0 Å². The van der Waals surface area contributed by atoms with E-state index < -0.39 is 10.0 Å². The molecule has 1 aromatic rings. The standard InChI is InChI=1S/C15H22N2O3S/c1-2-20-14-5-7-17(8-6-14)21(18,19)15-4-3-12-10-16-11-13(12)9-15/h3-4,9,14,16H,2,5-8,10-11H2,1H3. The van der Waals surface area contributed by atoms with Gasteiger partial charge in [-0.05, 0) is 43.0 Å². The average Bonchev–Trinajstić information content (AvgIpc) is 2.95. The van der Waals surface area contributed by atoms with Gasteiger partial charge in [0.2, 0.25) is 10.0 Å². The number of benzene rings is 1. The maximum atomic E-state index is 12.7. The van der Waals surface area contributed by atoms with Crippen LogP contribution in [0.25, 0.3) is 0 Å². The Labute approximate surface area is 126 Å². The molecule has 0 amide bonds. The number of hydrogen-bond donors (Lipinski definition) is 1. The summed E-state index contributed by atoms with van der Waals surface area (Å²) in [5.74, 6) is 0. The van der Waals surface area contributed by atoms with Gasteiger partial charge in [-0.25, -0.2) is 8.42 Å². The van der Waals surface area contributed by atoms with E-state index in [9.17, 15) is 8.42 Å². The van der Waals surface area contributed by atoms with Crippen molar-refractivity contribution in [3.63, 3.8) is 0 Å². The Kier molecular flexibility index (Phi) is 4.31. The van der Waals surface area contributed by atoms with Gasteiger partial charge in [-0.3, -0.25) is 0 Å². The number of piperidine rings is 1. The summed E-state index contributed by atoms with van der Waals surface area (Å²) >= 11 is 0. The Hall–Kier alpha value is -0.950. The lowest BCUT2D eigenvalue weighted by molar-refractivity contribution is 0.0290. The molecule has 0 unspecified atom stereocenters. The van der Waals surface area contributed by atoms with Crippen LogP contribution in [0.3, 0.4) is 0 Å². The van der Waals surface area contributed by atoms with Gasteiger partial charge >= 0.3 is 0 Å². The van der Waals surface area contributed by atoms with Gasteiger partial charge in [0.1, 0.15) is 0 Å². The number of sulfonamides is 1. The van der Waals surface area contributed by atoms with Gasteiger partial charge < -0.3 is 10.1 Å². The van der Waals surface area contributed by atoms with E-state index in [4.69, 9.17) is 4.74 Å². The second kappa shape index (κ2) is 6.04. The first-order valence-corrected chi connectivity index (χ1v) is 8.99. The van der Waals surface area contributed by atoms with Crippen LogP contribution in [-0.2, 0) is 27.8 Å². The summed E-state index contributed by atoms with van der Waals surface area (Å²) in [6.45, 7) is 5.34. The van der Waals surface area contributed by atoms with Crippen molar-refractivity contribution in [1.29, 1.82) is 0 Å². The van der Waals surface area contributed by atoms with Crippen LogP contribution in [0.5, 0.6) is 0 Å². The zero-order valence-corrected chi connectivity index (χ0v) is 13.2. The maximum absolute atomic E-state index is 12.7. The van der Waals surface area contributed by atoms with Crippen molar-refractivity contribution in [2.45, 2.75) is 43.9 Å². The van der Waals surface area contributed by atoms with Crippen molar-refractivity contribution in [1.82, 2.24) is 9.62 Å². The molecule has 1 saturated heterocycles. The molecule has 0 aromatic heterocycles. The topological polar surface area (TPSA) is 58.6 Å². The Morgan fingerprint density at radius 3 is 2.67 bits per heavy atom. The van der Waals surface area contributed by atoms with Crippen LogP contribution in [0.1, 0.15) is 30.9 Å². The van der Waals surface area contributed by atoms with E-state index in [0.717, 1.165) is 31.5 Å². The number of rotatable bonds is 4. The minimum Gasteiger partial charge on any atom is -0.378 e. The van der Waals surface area contributed by atoms with Crippen molar-refractivity contribution in [3.8, 4) is 0 Å². The molecular formula is C15H22N2O3S. The Morgan fingerprint density at radius 1 is 1.24 bits per heavy atom. The second-order valence-corrected chi connectivity index (χ2v) is 7.53. The zero-order valence-electron chi connectivity index (χ0n) is 12.3. The predicted molar refractivity (Wildman–Crippen MR) is 80.4 cm³/mol. The molecule has 2 aliphatic heterocycles. The summed E-state index contributed by atoms with van der Waals surface area (Å²) in [5.41, 5.74) is 2.30. The molecule has 0 atom stereocenters. The third-order valence-electron chi connectivity index (χ3n) is 4.25. The summed E-state index contributed by atoms with van der Waals surface area (Å²) in [4.78, 5) is 0.416. The van der Waals surface area contributed by atoms with E-state index >= 15 is 0 Å². The molecule has 0 radical (unpaired) electrons. The number of fused-ring (bicyclic) bond motifs is 1. The SMILES string of the molecule is CCOC1CCN(S(=O)(=O)c2ccc3c(c2)CNC3)CC1. The van der Waals surface area contributed by atoms with Gasteiger partial charge in [0.05, 0.1) is 11.0 Å².